The molecule has 0 saturated carbocycles. The molecule has 1 unspecified atom stereocenters. The third-order valence-electron chi connectivity index (χ3n) is 3.12. The summed E-state index contributed by atoms with van der Waals surface area (Å²) in [5, 5.41) is 10.3. The van der Waals surface area contributed by atoms with Crippen molar-refractivity contribution in [2.75, 3.05) is 13.1 Å². The normalized spacial score (nSPS) is 21.7. The van der Waals surface area contributed by atoms with Gasteiger partial charge < -0.3 is 5.21 Å². The van der Waals surface area contributed by atoms with Gasteiger partial charge in [-0.25, -0.2) is 12.7 Å². The highest BCUT2D eigenvalue weighted by Gasteiger charge is 2.36. The van der Waals surface area contributed by atoms with Crippen molar-refractivity contribution in [2.24, 2.45) is 0 Å². The van der Waals surface area contributed by atoms with Crippen LogP contribution in [0, 0.1) is 6.92 Å². The highest BCUT2D eigenvalue weighted by atomic mass is 32.2. The first kappa shape index (κ1) is 14.0. The molecule has 0 bridgehead atoms. The van der Waals surface area contributed by atoms with Crippen LogP contribution in [-0.2, 0) is 14.8 Å². The number of hydroxylamine groups is 2. The maximum absolute atomic E-state index is 12.4. The average molecular weight is 284 g/mol. The van der Waals surface area contributed by atoms with E-state index in [4.69, 9.17) is 0 Å². The number of piperazine rings is 1. The number of sulfonamides is 1. The fourth-order valence-electron chi connectivity index (χ4n) is 1.88. The Morgan fingerprint density at radius 3 is 2.42 bits per heavy atom. The average Bonchev–Trinajstić information content (AvgIpc) is 2.34. The molecule has 1 aromatic rings. The molecule has 104 valence electrons. The van der Waals surface area contributed by atoms with Gasteiger partial charge in [0.2, 0.25) is 0 Å². The van der Waals surface area contributed by atoms with Crippen molar-refractivity contribution < 1.29 is 18.4 Å². The Morgan fingerprint density at radius 1 is 1.26 bits per heavy atom. The summed E-state index contributed by atoms with van der Waals surface area (Å²) >= 11 is 0. The van der Waals surface area contributed by atoms with E-state index in [0.717, 1.165) is 14.9 Å². The zero-order valence-corrected chi connectivity index (χ0v) is 11.6. The summed E-state index contributed by atoms with van der Waals surface area (Å²) in [5.74, 6) is -0.624. The second kappa shape index (κ2) is 4.92. The van der Waals surface area contributed by atoms with Gasteiger partial charge in [0.25, 0.3) is 15.9 Å². The smallest absolute Gasteiger partial charge is 0.266 e. The van der Waals surface area contributed by atoms with Crippen molar-refractivity contribution >= 4 is 15.9 Å². The molecule has 0 aromatic heterocycles. The van der Waals surface area contributed by atoms with Gasteiger partial charge in [-0.05, 0) is 26.0 Å². The van der Waals surface area contributed by atoms with Crippen LogP contribution in [-0.4, -0.2) is 48.0 Å². The monoisotopic (exact) mass is 284 g/mol. The number of hydrogen-bond acceptors (Lipinski definition) is 5. The van der Waals surface area contributed by atoms with E-state index in [-0.39, 0.29) is 18.0 Å². The first-order chi connectivity index (χ1) is 8.82. The van der Waals surface area contributed by atoms with Gasteiger partial charge in [0, 0.05) is 0 Å². The van der Waals surface area contributed by atoms with Crippen molar-refractivity contribution in [3.05, 3.63) is 29.8 Å². The van der Waals surface area contributed by atoms with Crippen LogP contribution < -0.4 is 0 Å². The van der Waals surface area contributed by atoms with Crippen molar-refractivity contribution in [3.8, 4) is 0 Å². The Morgan fingerprint density at radius 2 is 1.84 bits per heavy atom. The van der Waals surface area contributed by atoms with E-state index in [1.54, 1.807) is 19.1 Å². The van der Waals surface area contributed by atoms with Crippen LogP contribution in [0.2, 0.25) is 0 Å². The van der Waals surface area contributed by atoms with Gasteiger partial charge in [0.05, 0.1) is 17.5 Å². The van der Waals surface area contributed by atoms with Gasteiger partial charge in [-0.2, -0.15) is 5.06 Å². The molecule has 0 aliphatic carbocycles. The Hall–Kier alpha value is -1.44. The maximum Gasteiger partial charge on any atom is 0.266 e. The Balaban J connectivity index is 2.34. The molecular weight excluding hydrogens is 268 g/mol. The lowest BCUT2D eigenvalue weighted by molar-refractivity contribution is -0.166. The second-order valence-corrected chi connectivity index (χ2v) is 6.55. The molecule has 1 aromatic carbocycles. The summed E-state index contributed by atoms with van der Waals surface area (Å²) < 4.78 is 25.6. The minimum atomic E-state index is -3.84. The molecule has 19 heavy (non-hydrogen) atoms. The molecule has 1 amide bonds. The molecule has 1 N–H and O–H groups in total. The fourth-order valence-corrected chi connectivity index (χ4v) is 3.35. The molecule has 6 nitrogen and oxygen atoms in total. The number of carbonyl (C=O) groups is 1. The first-order valence-electron chi connectivity index (χ1n) is 5.90. The molecular formula is C12H16N2O4S. The highest BCUT2D eigenvalue weighted by Crippen LogP contribution is 2.20. The van der Waals surface area contributed by atoms with E-state index in [0.29, 0.717) is 0 Å². The SMILES string of the molecule is Cc1ccc(S(=O)(=O)N2CC(C)N(O)CC2=O)cc1. The number of amides is 1. The predicted molar refractivity (Wildman–Crippen MR) is 68.0 cm³/mol. The molecule has 7 heteroatoms. The van der Waals surface area contributed by atoms with Crippen molar-refractivity contribution in [2.45, 2.75) is 24.8 Å². The molecule has 1 heterocycles. The number of rotatable bonds is 2. The quantitative estimate of drug-likeness (QED) is 0.860. The van der Waals surface area contributed by atoms with Crippen LogP contribution in [0.1, 0.15) is 12.5 Å². The van der Waals surface area contributed by atoms with Crippen LogP contribution in [0.4, 0.5) is 0 Å². The van der Waals surface area contributed by atoms with E-state index in [2.05, 4.69) is 0 Å². The molecule has 2 rings (SSSR count). The first-order valence-corrected chi connectivity index (χ1v) is 7.34. The third kappa shape index (κ3) is 2.63. The van der Waals surface area contributed by atoms with Crippen molar-refractivity contribution in [1.82, 2.24) is 9.37 Å². The van der Waals surface area contributed by atoms with E-state index in [9.17, 15) is 18.4 Å². The maximum atomic E-state index is 12.4. The van der Waals surface area contributed by atoms with E-state index in [1.807, 2.05) is 6.92 Å². The fraction of sp³-hybridized carbons (Fsp3) is 0.417. The number of carbonyl (C=O) groups excluding carboxylic acids is 1. The summed E-state index contributed by atoms with van der Waals surface area (Å²) in [6.45, 7) is 3.15. The lowest BCUT2D eigenvalue weighted by Crippen LogP contribution is -2.55. The minimum absolute atomic E-state index is 0.0501. The molecule has 1 aliphatic heterocycles. The topological polar surface area (TPSA) is 77.9 Å². The molecule has 0 spiro atoms. The van der Waals surface area contributed by atoms with Crippen LogP contribution in [0.3, 0.4) is 0 Å². The van der Waals surface area contributed by atoms with E-state index >= 15 is 0 Å². The van der Waals surface area contributed by atoms with Gasteiger partial charge in [-0.15, -0.1) is 0 Å². The number of nitrogens with zero attached hydrogens (tertiary/aromatic N) is 2. The number of aryl methyl sites for hydroxylation is 1. The second-order valence-electron chi connectivity index (χ2n) is 4.69. The number of benzene rings is 1. The van der Waals surface area contributed by atoms with Gasteiger partial charge in [0.15, 0.2) is 0 Å². The lowest BCUT2D eigenvalue weighted by Gasteiger charge is -2.34. The largest absolute Gasteiger partial charge is 0.313 e. The molecule has 1 atom stereocenters. The Bertz CT molecular complexity index is 582. The predicted octanol–water partition coefficient (Wildman–Crippen LogP) is 0.606. The van der Waals surface area contributed by atoms with Crippen LogP contribution in [0.15, 0.2) is 29.2 Å². The summed E-state index contributed by atoms with van der Waals surface area (Å²) in [4.78, 5) is 11.9. The molecule has 0 radical (unpaired) electrons. The summed E-state index contributed by atoms with van der Waals surface area (Å²) in [5.41, 5.74) is 0.943. The molecule has 1 aliphatic rings. The van der Waals surface area contributed by atoms with Gasteiger partial charge in [-0.3, -0.25) is 4.79 Å². The zero-order valence-electron chi connectivity index (χ0n) is 10.8. The Labute approximate surface area is 112 Å². The standard InChI is InChI=1S/C12H16N2O4S/c1-9-3-5-11(6-4-9)19(17,18)14-7-10(2)13(16)8-12(14)15/h3-6,10,16H,7-8H2,1-2H3. The van der Waals surface area contributed by atoms with Gasteiger partial charge in [0.1, 0.15) is 6.54 Å². The van der Waals surface area contributed by atoms with E-state index < -0.39 is 22.0 Å². The van der Waals surface area contributed by atoms with Crippen LogP contribution >= 0.6 is 0 Å². The molecule has 1 fully saturated rings. The van der Waals surface area contributed by atoms with Gasteiger partial charge >= 0.3 is 0 Å². The van der Waals surface area contributed by atoms with Crippen molar-refractivity contribution in [1.29, 1.82) is 0 Å². The summed E-state index contributed by atoms with van der Waals surface area (Å²) in [6.07, 6.45) is 0. The van der Waals surface area contributed by atoms with Crippen molar-refractivity contribution in [3.63, 3.8) is 0 Å². The van der Waals surface area contributed by atoms with Crippen LogP contribution in [0.5, 0.6) is 0 Å². The highest BCUT2D eigenvalue weighted by molar-refractivity contribution is 7.89. The molecule has 1 saturated heterocycles. The summed E-state index contributed by atoms with van der Waals surface area (Å²) in [7, 11) is -3.84. The number of hydrogen-bond donors (Lipinski definition) is 1. The van der Waals surface area contributed by atoms with Crippen LogP contribution in [0.25, 0.3) is 0 Å². The lowest BCUT2D eigenvalue weighted by atomic mass is 10.2. The summed E-state index contributed by atoms with van der Waals surface area (Å²) in [6, 6.07) is 5.91. The van der Waals surface area contributed by atoms with Gasteiger partial charge in [-0.1, -0.05) is 17.7 Å². The zero-order chi connectivity index (χ0) is 14.2. The Kier molecular flexibility index (Phi) is 3.62. The van der Waals surface area contributed by atoms with E-state index in [1.165, 1.54) is 12.1 Å². The minimum Gasteiger partial charge on any atom is -0.313 e. The third-order valence-corrected chi connectivity index (χ3v) is 4.92.